The molecule has 1 aromatic rings. The number of nitrogens with two attached hydrogens (primary N) is 1. The second-order valence-corrected chi connectivity index (χ2v) is 7.02. The van der Waals surface area contributed by atoms with Gasteiger partial charge in [-0.15, -0.1) is 0 Å². The van der Waals surface area contributed by atoms with Crippen LogP contribution in [0.15, 0.2) is 0 Å². The van der Waals surface area contributed by atoms with Crippen LogP contribution in [0.3, 0.4) is 0 Å². The van der Waals surface area contributed by atoms with E-state index in [0.29, 0.717) is 17.8 Å². The molecule has 2 fully saturated rings. The SMILES string of the molecule is Cc1c(N)nc(C(C)C)nc1N1CCC[C@H]2CCCC[C@H]21. The van der Waals surface area contributed by atoms with E-state index in [9.17, 15) is 0 Å². The fourth-order valence-corrected chi connectivity index (χ4v) is 3.96. The lowest BCUT2D eigenvalue weighted by Gasteiger charge is -2.45. The van der Waals surface area contributed by atoms with E-state index in [4.69, 9.17) is 10.7 Å². The lowest BCUT2D eigenvalue weighted by atomic mass is 9.78. The van der Waals surface area contributed by atoms with E-state index in [0.717, 1.165) is 29.7 Å². The number of hydrogen-bond acceptors (Lipinski definition) is 4. The van der Waals surface area contributed by atoms with E-state index in [-0.39, 0.29) is 0 Å². The van der Waals surface area contributed by atoms with Gasteiger partial charge in [0.05, 0.1) is 0 Å². The Morgan fingerprint density at radius 3 is 2.57 bits per heavy atom. The first-order valence-corrected chi connectivity index (χ1v) is 8.48. The zero-order valence-electron chi connectivity index (χ0n) is 13.6. The molecule has 0 spiro atoms. The summed E-state index contributed by atoms with van der Waals surface area (Å²) < 4.78 is 0. The fourth-order valence-electron chi connectivity index (χ4n) is 3.96. The highest BCUT2D eigenvalue weighted by Gasteiger charge is 2.35. The van der Waals surface area contributed by atoms with Crippen LogP contribution in [0.1, 0.15) is 69.7 Å². The lowest BCUT2D eigenvalue weighted by Crippen LogP contribution is -2.47. The number of hydrogen-bond donors (Lipinski definition) is 1. The van der Waals surface area contributed by atoms with E-state index in [1.165, 1.54) is 38.5 Å². The summed E-state index contributed by atoms with van der Waals surface area (Å²) in [6, 6.07) is 0.667. The van der Waals surface area contributed by atoms with Gasteiger partial charge >= 0.3 is 0 Å². The van der Waals surface area contributed by atoms with E-state index in [2.05, 4.69) is 30.7 Å². The summed E-state index contributed by atoms with van der Waals surface area (Å²) in [5.74, 6) is 3.81. The Labute approximate surface area is 128 Å². The molecule has 0 unspecified atom stereocenters. The highest BCUT2D eigenvalue weighted by molar-refractivity contribution is 5.57. The predicted octanol–water partition coefficient (Wildman–Crippen LogP) is 3.65. The quantitative estimate of drug-likeness (QED) is 0.902. The summed E-state index contributed by atoms with van der Waals surface area (Å²) >= 11 is 0. The Bertz CT molecular complexity index is 510. The van der Waals surface area contributed by atoms with Crippen LogP contribution in [0.4, 0.5) is 11.6 Å². The van der Waals surface area contributed by atoms with Crippen molar-refractivity contribution in [2.24, 2.45) is 5.92 Å². The molecule has 3 rings (SSSR count). The zero-order valence-corrected chi connectivity index (χ0v) is 13.6. The molecule has 2 N–H and O–H groups in total. The summed E-state index contributed by atoms with van der Waals surface area (Å²) in [5.41, 5.74) is 7.22. The van der Waals surface area contributed by atoms with Gasteiger partial charge in [-0.05, 0) is 38.5 Å². The van der Waals surface area contributed by atoms with Crippen LogP contribution in [-0.2, 0) is 0 Å². The van der Waals surface area contributed by atoms with Gasteiger partial charge in [0.2, 0.25) is 0 Å². The van der Waals surface area contributed by atoms with Crippen molar-refractivity contribution >= 4 is 11.6 Å². The number of aromatic nitrogens is 2. The normalized spacial score (nSPS) is 26.0. The van der Waals surface area contributed by atoms with Crippen LogP contribution in [0.25, 0.3) is 0 Å². The van der Waals surface area contributed by atoms with Crippen LogP contribution >= 0.6 is 0 Å². The summed E-state index contributed by atoms with van der Waals surface area (Å²) in [4.78, 5) is 11.9. The second kappa shape index (κ2) is 5.82. The average molecular weight is 288 g/mol. The third-order valence-corrected chi connectivity index (χ3v) is 5.21. The molecule has 21 heavy (non-hydrogen) atoms. The molecule has 2 aliphatic rings. The third-order valence-electron chi connectivity index (χ3n) is 5.21. The van der Waals surface area contributed by atoms with Crippen LogP contribution in [0.2, 0.25) is 0 Å². The molecule has 1 aromatic heterocycles. The van der Waals surface area contributed by atoms with Gasteiger partial charge < -0.3 is 10.6 Å². The maximum atomic E-state index is 6.16. The molecule has 4 heteroatoms. The van der Waals surface area contributed by atoms with E-state index >= 15 is 0 Å². The highest BCUT2D eigenvalue weighted by Crippen LogP contribution is 2.38. The smallest absolute Gasteiger partial charge is 0.137 e. The number of rotatable bonds is 2. The van der Waals surface area contributed by atoms with Crippen LogP contribution in [-0.4, -0.2) is 22.6 Å². The lowest BCUT2D eigenvalue weighted by molar-refractivity contribution is 0.242. The Hall–Kier alpha value is -1.32. The van der Waals surface area contributed by atoms with Crippen molar-refractivity contribution in [2.75, 3.05) is 17.2 Å². The molecule has 0 aromatic carbocycles. The van der Waals surface area contributed by atoms with Gasteiger partial charge in [0, 0.05) is 24.1 Å². The summed E-state index contributed by atoms with van der Waals surface area (Å²) in [6.07, 6.45) is 8.12. The van der Waals surface area contributed by atoms with Gasteiger partial charge in [-0.25, -0.2) is 9.97 Å². The first-order valence-electron chi connectivity index (χ1n) is 8.48. The van der Waals surface area contributed by atoms with E-state index in [1.807, 2.05) is 0 Å². The van der Waals surface area contributed by atoms with Crippen molar-refractivity contribution in [3.63, 3.8) is 0 Å². The Balaban J connectivity index is 1.98. The maximum absolute atomic E-state index is 6.16. The van der Waals surface area contributed by atoms with Gasteiger partial charge in [-0.2, -0.15) is 0 Å². The van der Waals surface area contributed by atoms with E-state index < -0.39 is 0 Å². The molecule has 0 bridgehead atoms. The van der Waals surface area contributed by atoms with Crippen LogP contribution in [0, 0.1) is 12.8 Å². The number of fused-ring (bicyclic) bond motifs is 1. The fraction of sp³-hybridized carbons (Fsp3) is 0.765. The Morgan fingerprint density at radius 2 is 1.81 bits per heavy atom. The molecule has 4 nitrogen and oxygen atoms in total. The number of nitrogen functional groups attached to an aromatic ring is 1. The minimum Gasteiger partial charge on any atom is -0.383 e. The molecule has 1 aliphatic carbocycles. The molecule has 1 saturated heterocycles. The number of nitrogens with zero attached hydrogens (tertiary/aromatic N) is 3. The minimum atomic E-state index is 0.318. The standard InChI is InChI=1S/C17H28N4/c1-11(2)16-19-15(18)12(3)17(20-16)21-10-6-8-13-7-4-5-9-14(13)21/h11,13-14H,4-10H2,1-3H3,(H2,18,19,20)/t13-,14-/m1/s1. The van der Waals surface area contributed by atoms with Crippen molar-refractivity contribution in [2.45, 2.75) is 71.3 Å². The van der Waals surface area contributed by atoms with E-state index in [1.54, 1.807) is 0 Å². The molecular formula is C17H28N4. The second-order valence-electron chi connectivity index (χ2n) is 7.02. The Morgan fingerprint density at radius 1 is 1.10 bits per heavy atom. The molecule has 116 valence electrons. The van der Waals surface area contributed by atoms with Crippen molar-refractivity contribution in [1.82, 2.24) is 9.97 Å². The van der Waals surface area contributed by atoms with Crippen molar-refractivity contribution in [3.05, 3.63) is 11.4 Å². The van der Waals surface area contributed by atoms with Crippen molar-refractivity contribution in [3.8, 4) is 0 Å². The van der Waals surface area contributed by atoms with Crippen LogP contribution < -0.4 is 10.6 Å². The molecule has 1 saturated carbocycles. The molecular weight excluding hydrogens is 260 g/mol. The molecule has 2 atom stereocenters. The molecule has 2 heterocycles. The first kappa shape index (κ1) is 14.6. The first-order chi connectivity index (χ1) is 10.1. The molecule has 1 aliphatic heterocycles. The number of piperidine rings is 1. The monoisotopic (exact) mass is 288 g/mol. The molecule has 0 amide bonds. The number of anilines is 2. The Kier molecular flexibility index (Phi) is 4.05. The van der Waals surface area contributed by atoms with Gasteiger partial charge in [0.1, 0.15) is 17.5 Å². The summed E-state index contributed by atoms with van der Waals surface area (Å²) in [7, 11) is 0. The minimum absolute atomic E-state index is 0.318. The van der Waals surface area contributed by atoms with Gasteiger partial charge in [-0.3, -0.25) is 0 Å². The van der Waals surface area contributed by atoms with Crippen LogP contribution in [0.5, 0.6) is 0 Å². The van der Waals surface area contributed by atoms with Gasteiger partial charge in [0.15, 0.2) is 0 Å². The molecule has 0 radical (unpaired) electrons. The predicted molar refractivity (Wildman–Crippen MR) is 87.6 cm³/mol. The van der Waals surface area contributed by atoms with Crippen molar-refractivity contribution < 1.29 is 0 Å². The maximum Gasteiger partial charge on any atom is 0.137 e. The topological polar surface area (TPSA) is 55.0 Å². The summed E-state index contributed by atoms with van der Waals surface area (Å²) in [6.45, 7) is 7.46. The average Bonchev–Trinajstić information content (AvgIpc) is 2.49. The van der Waals surface area contributed by atoms with Gasteiger partial charge in [-0.1, -0.05) is 26.7 Å². The zero-order chi connectivity index (χ0) is 15.0. The largest absolute Gasteiger partial charge is 0.383 e. The highest BCUT2D eigenvalue weighted by atomic mass is 15.2. The summed E-state index contributed by atoms with van der Waals surface area (Å²) in [5, 5.41) is 0. The van der Waals surface area contributed by atoms with Gasteiger partial charge in [0.25, 0.3) is 0 Å². The van der Waals surface area contributed by atoms with Crippen molar-refractivity contribution in [1.29, 1.82) is 0 Å². The third kappa shape index (κ3) is 2.72.